The molecule has 0 aliphatic heterocycles. The van der Waals surface area contributed by atoms with Crippen molar-refractivity contribution in [3.63, 3.8) is 0 Å². The van der Waals surface area contributed by atoms with E-state index in [-0.39, 0.29) is 5.41 Å². The van der Waals surface area contributed by atoms with Gasteiger partial charge in [0.05, 0.1) is 24.3 Å². The Bertz CT molecular complexity index is 1240. The van der Waals surface area contributed by atoms with Crippen molar-refractivity contribution in [1.82, 2.24) is 24.4 Å². The van der Waals surface area contributed by atoms with Crippen LogP contribution < -0.4 is 10.2 Å². The third-order valence-electron chi connectivity index (χ3n) is 5.81. The summed E-state index contributed by atoms with van der Waals surface area (Å²) in [5.74, 6) is 1.68. The van der Waals surface area contributed by atoms with Crippen LogP contribution >= 0.6 is 11.3 Å². The first-order valence-corrected chi connectivity index (χ1v) is 10.6. The van der Waals surface area contributed by atoms with Crippen LogP contribution in [-0.4, -0.2) is 34.0 Å². The van der Waals surface area contributed by atoms with Gasteiger partial charge < -0.3 is 5.73 Å². The molecule has 1 aliphatic carbocycles. The van der Waals surface area contributed by atoms with Gasteiger partial charge in [-0.3, -0.25) is 9.47 Å². The Balaban J connectivity index is 1.77. The van der Waals surface area contributed by atoms with Crippen molar-refractivity contribution >= 4 is 43.4 Å². The lowest BCUT2D eigenvalue weighted by Crippen LogP contribution is -2.41. The molecule has 0 radical (unpaired) electrons. The van der Waals surface area contributed by atoms with Crippen LogP contribution in [0.25, 0.3) is 20.4 Å². The van der Waals surface area contributed by atoms with E-state index in [0.29, 0.717) is 10.3 Å². The molecule has 7 heteroatoms. The zero-order valence-corrected chi connectivity index (χ0v) is 18.0. The van der Waals surface area contributed by atoms with Gasteiger partial charge in [0.25, 0.3) is 0 Å². The zero-order valence-electron chi connectivity index (χ0n) is 17.2. The molecule has 0 fully saturated rings. The van der Waals surface area contributed by atoms with E-state index in [1.54, 1.807) is 17.7 Å². The Morgan fingerprint density at radius 2 is 1.97 bits per heavy atom. The topological polar surface area (TPSA) is 77.6 Å². The first-order valence-electron chi connectivity index (χ1n) is 9.82. The predicted octanol–water partition coefficient (Wildman–Crippen LogP) is 4.11. The van der Waals surface area contributed by atoms with Crippen molar-refractivity contribution in [1.29, 1.82) is 0 Å². The molecule has 4 aromatic rings. The second-order valence-corrected chi connectivity index (χ2v) is 10.3. The van der Waals surface area contributed by atoms with Gasteiger partial charge in [-0.25, -0.2) is 9.97 Å². The molecule has 0 amide bonds. The summed E-state index contributed by atoms with van der Waals surface area (Å²) in [6.07, 6.45) is 7.37. The van der Waals surface area contributed by atoms with Gasteiger partial charge in [0.1, 0.15) is 23.5 Å². The molecule has 29 heavy (non-hydrogen) atoms. The summed E-state index contributed by atoms with van der Waals surface area (Å²) in [7, 11) is 4.46. The molecule has 6 nitrogen and oxygen atoms in total. The minimum absolute atomic E-state index is 0.203. The van der Waals surface area contributed by atoms with E-state index in [0.717, 1.165) is 40.3 Å². The Morgan fingerprint density at radius 1 is 1.17 bits per heavy atom. The number of pyridine rings is 2. The third kappa shape index (κ3) is 2.96. The minimum Gasteiger partial charge on any atom is -0.382 e. The average Bonchev–Trinajstić information content (AvgIpc) is 3.18. The van der Waals surface area contributed by atoms with Gasteiger partial charge in [0.15, 0.2) is 0 Å². The molecule has 0 bridgehead atoms. The standard InChI is InChI=1S/C22H25N6S/c1-22(2)8-14-15(9-22)20(28(3,4)11-13-6-5-7-24-10-13)27-21-16(14)17-18(29-21)19(23)26-12-25-17/h5-7,10,12H,8-9,11H2,1-4H3,(H2,23,25,26)/q+1. The van der Waals surface area contributed by atoms with Gasteiger partial charge in [0, 0.05) is 28.9 Å². The lowest BCUT2D eigenvalue weighted by Gasteiger charge is -2.30. The fourth-order valence-electron chi connectivity index (χ4n) is 4.64. The monoisotopic (exact) mass is 405 g/mol. The van der Waals surface area contributed by atoms with E-state index in [2.05, 4.69) is 49.0 Å². The zero-order chi connectivity index (χ0) is 20.4. The summed E-state index contributed by atoms with van der Waals surface area (Å²) in [6, 6.07) is 4.12. The molecule has 148 valence electrons. The molecule has 4 aromatic heterocycles. The maximum atomic E-state index is 6.17. The average molecular weight is 406 g/mol. The summed E-state index contributed by atoms with van der Waals surface area (Å²) in [5.41, 5.74) is 11.3. The van der Waals surface area contributed by atoms with E-state index < -0.39 is 0 Å². The quantitative estimate of drug-likeness (QED) is 0.519. The summed E-state index contributed by atoms with van der Waals surface area (Å²) in [4.78, 5) is 19.3. The summed E-state index contributed by atoms with van der Waals surface area (Å²) < 4.78 is 1.62. The lowest BCUT2D eigenvalue weighted by molar-refractivity contribution is 0.368. The van der Waals surface area contributed by atoms with Crippen molar-refractivity contribution in [3.8, 4) is 0 Å². The number of nitrogens with two attached hydrogens (primary N) is 1. The fraction of sp³-hybridized carbons (Fsp3) is 0.364. The molecule has 5 rings (SSSR count). The van der Waals surface area contributed by atoms with Gasteiger partial charge in [-0.05, 0) is 29.9 Å². The number of nitrogens with zero attached hydrogens (tertiary/aromatic N) is 5. The van der Waals surface area contributed by atoms with Crippen molar-refractivity contribution in [2.75, 3.05) is 19.8 Å². The molecule has 0 atom stereocenters. The van der Waals surface area contributed by atoms with Crippen LogP contribution in [-0.2, 0) is 19.4 Å². The molecule has 0 unspecified atom stereocenters. The Kier molecular flexibility index (Phi) is 3.92. The van der Waals surface area contributed by atoms with Crippen molar-refractivity contribution in [3.05, 3.63) is 47.5 Å². The molecule has 0 saturated carbocycles. The number of quaternary nitrogens is 1. The maximum absolute atomic E-state index is 6.17. The SMILES string of the molecule is CC1(C)Cc2c([N+](C)(C)Cc3cccnc3)nc3sc4c(N)ncnc4c3c2C1. The molecule has 1 aliphatic rings. The number of thiophene rings is 1. The highest BCUT2D eigenvalue weighted by Crippen LogP contribution is 2.48. The Hall–Kier alpha value is -2.64. The van der Waals surface area contributed by atoms with Crippen molar-refractivity contribution in [2.24, 2.45) is 5.41 Å². The highest BCUT2D eigenvalue weighted by Gasteiger charge is 2.39. The number of rotatable bonds is 3. The Labute approximate surface area is 174 Å². The van der Waals surface area contributed by atoms with Crippen molar-refractivity contribution < 1.29 is 0 Å². The predicted molar refractivity (Wildman–Crippen MR) is 120 cm³/mol. The van der Waals surface area contributed by atoms with E-state index in [9.17, 15) is 0 Å². The van der Waals surface area contributed by atoms with Crippen LogP contribution in [0.2, 0.25) is 0 Å². The van der Waals surface area contributed by atoms with E-state index in [1.807, 2.05) is 18.5 Å². The molecule has 2 N–H and O–H groups in total. The second-order valence-electron chi connectivity index (χ2n) is 9.33. The number of aromatic nitrogens is 4. The molecule has 4 heterocycles. The molecule has 0 aromatic carbocycles. The number of anilines is 1. The van der Waals surface area contributed by atoms with E-state index in [4.69, 9.17) is 10.7 Å². The lowest BCUT2D eigenvalue weighted by atomic mass is 9.90. The largest absolute Gasteiger partial charge is 0.382 e. The Morgan fingerprint density at radius 3 is 2.72 bits per heavy atom. The van der Waals surface area contributed by atoms with Gasteiger partial charge in [0.2, 0.25) is 5.82 Å². The smallest absolute Gasteiger partial charge is 0.232 e. The molecule has 0 saturated heterocycles. The van der Waals surface area contributed by atoms with Gasteiger partial charge in [-0.15, -0.1) is 11.3 Å². The molecule has 0 spiro atoms. The van der Waals surface area contributed by atoms with Crippen LogP contribution in [0.4, 0.5) is 11.6 Å². The normalized spacial score (nSPS) is 15.9. The van der Waals surface area contributed by atoms with E-state index >= 15 is 0 Å². The van der Waals surface area contributed by atoms with Crippen LogP contribution in [0.3, 0.4) is 0 Å². The summed E-state index contributed by atoms with van der Waals surface area (Å²) >= 11 is 1.61. The summed E-state index contributed by atoms with van der Waals surface area (Å²) in [5, 5.41) is 1.17. The van der Waals surface area contributed by atoms with Crippen LogP contribution in [0.15, 0.2) is 30.9 Å². The maximum Gasteiger partial charge on any atom is 0.232 e. The molecular weight excluding hydrogens is 380 g/mol. The van der Waals surface area contributed by atoms with Crippen LogP contribution in [0, 0.1) is 5.41 Å². The number of nitrogen functional groups attached to an aromatic ring is 1. The third-order valence-corrected chi connectivity index (χ3v) is 6.90. The fourth-order valence-corrected chi connectivity index (χ4v) is 5.70. The van der Waals surface area contributed by atoms with Crippen LogP contribution in [0.1, 0.15) is 30.5 Å². The highest BCUT2D eigenvalue weighted by molar-refractivity contribution is 7.26. The van der Waals surface area contributed by atoms with Gasteiger partial charge >= 0.3 is 0 Å². The minimum atomic E-state index is 0.203. The highest BCUT2D eigenvalue weighted by atomic mass is 32.1. The molecular formula is C22H25N6S+. The number of hydrogen-bond donors (Lipinski definition) is 1. The van der Waals surface area contributed by atoms with Crippen molar-refractivity contribution in [2.45, 2.75) is 33.2 Å². The second kappa shape index (κ2) is 6.18. The first kappa shape index (κ1) is 18.4. The first-order chi connectivity index (χ1) is 13.8. The number of fused-ring (bicyclic) bond motifs is 5. The van der Waals surface area contributed by atoms with E-state index in [1.165, 1.54) is 22.1 Å². The van der Waals surface area contributed by atoms with Crippen LogP contribution in [0.5, 0.6) is 0 Å². The van der Waals surface area contributed by atoms with Gasteiger partial charge in [-0.1, -0.05) is 19.9 Å². The van der Waals surface area contributed by atoms with Gasteiger partial charge in [-0.2, -0.15) is 4.98 Å². The number of hydrogen-bond acceptors (Lipinski definition) is 6. The summed E-state index contributed by atoms with van der Waals surface area (Å²) in [6.45, 7) is 5.51.